The van der Waals surface area contributed by atoms with Gasteiger partial charge in [0.2, 0.25) is 6.79 Å². The zero-order chi connectivity index (χ0) is 22.6. The number of amides is 2. The van der Waals surface area contributed by atoms with Crippen LogP contribution in [0, 0.1) is 0 Å². The molecule has 2 heterocycles. The fourth-order valence-electron chi connectivity index (χ4n) is 4.61. The minimum atomic E-state index is -0.647. The maximum absolute atomic E-state index is 12.6. The normalized spacial score (nSPS) is 16.0. The van der Waals surface area contributed by atoms with Crippen molar-refractivity contribution in [2.24, 2.45) is 0 Å². The first-order valence-corrected chi connectivity index (χ1v) is 11.4. The van der Waals surface area contributed by atoms with E-state index in [1.165, 1.54) is 16.3 Å². The topological polar surface area (TPSA) is 79.9 Å². The highest BCUT2D eigenvalue weighted by Gasteiger charge is 2.26. The Morgan fingerprint density at radius 3 is 2.52 bits per heavy atom. The van der Waals surface area contributed by atoms with E-state index in [0.717, 1.165) is 31.5 Å². The summed E-state index contributed by atoms with van der Waals surface area (Å²) >= 11 is 0. The summed E-state index contributed by atoms with van der Waals surface area (Å²) in [6, 6.07) is 20.0. The van der Waals surface area contributed by atoms with E-state index < -0.39 is 11.8 Å². The number of likely N-dealkylation sites (tertiary alicyclic amines) is 1. The molecule has 170 valence electrons. The molecule has 3 aromatic carbocycles. The average Bonchev–Trinajstić information content (AvgIpc) is 3.54. The van der Waals surface area contributed by atoms with Gasteiger partial charge in [0.15, 0.2) is 11.5 Å². The number of hydrogen-bond acceptors (Lipinski definition) is 5. The minimum Gasteiger partial charge on any atom is -0.454 e. The van der Waals surface area contributed by atoms with Crippen LogP contribution in [0.15, 0.2) is 60.7 Å². The summed E-state index contributed by atoms with van der Waals surface area (Å²) in [7, 11) is 0. The van der Waals surface area contributed by atoms with Crippen LogP contribution in [-0.4, -0.2) is 43.1 Å². The van der Waals surface area contributed by atoms with Crippen LogP contribution in [0.25, 0.3) is 10.8 Å². The van der Waals surface area contributed by atoms with Gasteiger partial charge in [0.25, 0.3) is 0 Å². The number of rotatable bonds is 6. The third-order valence-corrected chi connectivity index (χ3v) is 6.32. The Morgan fingerprint density at radius 2 is 1.64 bits per heavy atom. The van der Waals surface area contributed by atoms with E-state index in [2.05, 4.69) is 45.9 Å². The lowest BCUT2D eigenvalue weighted by atomic mass is 9.97. The molecular weight excluding hydrogens is 418 g/mol. The van der Waals surface area contributed by atoms with Gasteiger partial charge < -0.3 is 20.1 Å². The maximum atomic E-state index is 12.6. The van der Waals surface area contributed by atoms with E-state index in [-0.39, 0.29) is 19.4 Å². The van der Waals surface area contributed by atoms with Gasteiger partial charge in [-0.3, -0.25) is 14.5 Å². The molecule has 1 fully saturated rings. The summed E-state index contributed by atoms with van der Waals surface area (Å²) in [6.07, 6.45) is 2.29. The molecule has 33 heavy (non-hydrogen) atoms. The molecule has 2 aliphatic heterocycles. The largest absolute Gasteiger partial charge is 0.454 e. The molecule has 0 aliphatic carbocycles. The average molecular weight is 446 g/mol. The first-order valence-electron chi connectivity index (χ1n) is 11.4. The molecule has 7 nitrogen and oxygen atoms in total. The monoisotopic (exact) mass is 445 g/mol. The molecule has 1 saturated heterocycles. The second kappa shape index (κ2) is 9.50. The van der Waals surface area contributed by atoms with Gasteiger partial charge in [0.1, 0.15) is 0 Å². The summed E-state index contributed by atoms with van der Waals surface area (Å²) in [4.78, 5) is 27.4. The van der Waals surface area contributed by atoms with Gasteiger partial charge in [0, 0.05) is 13.1 Å². The van der Waals surface area contributed by atoms with Gasteiger partial charge in [-0.1, -0.05) is 48.5 Å². The van der Waals surface area contributed by atoms with E-state index >= 15 is 0 Å². The van der Waals surface area contributed by atoms with Gasteiger partial charge >= 0.3 is 11.8 Å². The SMILES string of the molecule is O=C(NCc1ccc2c(c1)OCO2)C(=O)NCC(c1cccc2ccccc12)N1CCCC1. The van der Waals surface area contributed by atoms with Crippen LogP contribution < -0.4 is 20.1 Å². The second-order valence-corrected chi connectivity index (χ2v) is 8.41. The molecule has 7 heteroatoms. The molecule has 2 aliphatic rings. The fourth-order valence-corrected chi connectivity index (χ4v) is 4.61. The van der Waals surface area contributed by atoms with Crippen molar-refractivity contribution in [3.63, 3.8) is 0 Å². The molecule has 3 aromatic rings. The lowest BCUT2D eigenvalue weighted by molar-refractivity contribution is -0.139. The summed E-state index contributed by atoms with van der Waals surface area (Å²) in [6.45, 7) is 2.79. The molecule has 2 N–H and O–H groups in total. The Kier molecular flexibility index (Phi) is 6.13. The van der Waals surface area contributed by atoms with Gasteiger partial charge in [0.05, 0.1) is 6.04 Å². The first-order chi connectivity index (χ1) is 16.2. The zero-order valence-electron chi connectivity index (χ0n) is 18.4. The molecule has 0 bridgehead atoms. The van der Waals surface area contributed by atoms with Crippen molar-refractivity contribution in [2.75, 3.05) is 26.4 Å². The molecule has 1 atom stereocenters. The van der Waals surface area contributed by atoms with Gasteiger partial charge in [-0.05, 0) is 60.0 Å². The van der Waals surface area contributed by atoms with Crippen molar-refractivity contribution in [1.29, 1.82) is 0 Å². The minimum absolute atomic E-state index is 0.0178. The van der Waals surface area contributed by atoms with E-state index in [4.69, 9.17) is 9.47 Å². The molecule has 0 aromatic heterocycles. The number of nitrogens with zero attached hydrogens (tertiary/aromatic N) is 1. The maximum Gasteiger partial charge on any atom is 0.309 e. The number of benzene rings is 3. The fraction of sp³-hybridized carbons (Fsp3) is 0.308. The molecule has 5 rings (SSSR count). The number of nitrogens with one attached hydrogen (secondary N) is 2. The second-order valence-electron chi connectivity index (χ2n) is 8.41. The van der Waals surface area contributed by atoms with Crippen LogP contribution in [-0.2, 0) is 16.1 Å². The van der Waals surface area contributed by atoms with Crippen LogP contribution in [0.1, 0.15) is 30.0 Å². The van der Waals surface area contributed by atoms with Crippen molar-refractivity contribution in [2.45, 2.75) is 25.4 Å². The van der Waals surface area contributed by atoms with Crippen LogP contribution in [0.2, 0.25) is 0 Å². The number of hydrogen-bond donors (Lipinski definition) is 2. The van der Waals surface area contributed by atoms with E-state index in [1.54, 1.807) is 6.07 Å². The summed E-state index contributed by atoms with van der Waals surface area (Å²) in [5, 5.41) is 7.91. The third kappa shape index (κ3) is 4.64. The molecule has 0 radical (unpaired) electrons. The highest BCUT2D eigenvalue weighted by molar-refractivity contribution is 6.35. The first kappa shape index (κ1) is 21.3. The number of carbonyl (C=O) groups is 2. The van der Waals surface area contributed by atoms with Crippen LogP contribution in [0.4, 0.5) is 0 Å². The predicted octanol–water partition coefficient (Wildman–Crippen LogP) is 3.14. The van der Waals surface area contributed by atoms with Crippen molar-refractivity contribution >= 4 is 22.6 Å². The van der Waals surface area contributed by atoms with Gasteiger partial charge in [-0.2, -0.15) is 0 Å². The van der Waals surface area contributed by atoms with Crippen molar-refractivity contribution < 1.29 is 19.1 Å². The number of fused-ring (bicyclic) bond motifs is 2. The van der Waals surface area contributed by atoms with E-state index in [9.17, 15) is 9.59 Å². The number of ether oxygens (including phenoxy) is 2. The van der Waals surface area contributed by atoms with Crippen molar-refractivity contribution in [1.82, 2.24) is 15.5 Å². The quantitative estimate of drug-likeness (QED) is 0.570. The summed E-state index contributed by atoms with van der Waals surface area (Å²) in [5.74, 6) is 0.0601. The molecule has 0 spiro atoms. The Bertz CT molecular complexity index is 1170. The van der Waals surface area contributed by atoms with Crippen LogP contribution in [0.5, 0.6) is 11.5 Å². The van der Waals surface area contributed by atoms with Gasteiger partial charge in [-0.15, -0.1) is 0 Å². The molecule has 1 unspecified atom stereocenters. The highest BCUT2D eigenvalue weighted by Crippen LogP contribution is 2.32. The summed E-state index contributed by atoms with van der Waals surface area (Å²) in [5.41, 5.74) is 2.02. The Morgan fingerprint density at radius 1 is 0.879 bits per heavy atom. The third-order valence-electron chi connectivity index (χ3n) is 6.32. The standard InChI is InChI=1S/C26H27N3O4/c30-25(27-15-18-10-11-23-24(14-18)33-17-32-23)26(31)28-16-22(29-12-3-4-13-29)21-9-5-7-19-6-1-2-8-20(19)21/h1-2,5-11,14,22H,3-4,12-13,15-17H2,(H,27,30)(H,28,31). The Hall–Kier alpha value is -3.58. The van der Waals surface area contributed by atoms with Crippen LogP contribution >= 0.6 is 0 Å². The molecule has 0 saturated carbocycles. The lowest BCUT2D eigenvalue weighted by Crippen LogP contribution is -2.43. The number of carbonyl (C=O) groups excluding carboxylic acids is 2. The Balaban J connectivity index is 1.24. The highest BCUT2D eigenvalue weighted by atomic mass is 16.7. The van der Waals surface area contributed by atoms with Crippen molar-refractivity contribution in [3.8, 4) is 11.5 Å². The Labute approximate surface area is 192 Å². The summed E-state index contributed by atoms with van der Waals surface area (Å²) < 4.78 is 10.7. The lowest BCUT2D eigenvalue weighted by Gasteiger charge is -2.29. The van der Waals surface area contributed by atoms with Crippen LogP contribution in [0.3, 0.4) is 0 Å². The zero-order valence-corrected chi connectivity index (χ0v) is 18.4. The van der Waals surface area contributed by atoms with Gasteiger partial charge in [-0.25, -0.2) is 0 Å². The molecular formula is C26H27N3O4. The molecule has 2 amide bonds. The smallest absolute Gasteiger partial charge is 0.309 e. The predicted molar refractivity (Wildman–Crippen MR) is 125 cm³/mol. The van der Waals surface area contributed by atoms with E-state index in [1.807, 2.05) is 24.3 Å². The van der Waals surface area contributed by atoms with E-state index in [0.29, 0.717) is 18.0 Å². The van der Waals surface area contributed by atoms with Crippen molar-refractivity contribution in [3.05, 3.63) is 71.8 Å².